The Balaban J connectivity index is 1.83. The fourth-order valence-electron chi connectivity index (χ4n) is 2.29. The molecule has 1 aromatic rings. The number of allylic oxidation sites excluding steroid dienone is 2. The van der Waals surface area contributed by atoms with E-state index in [0.29, 0.717) is 18.4 Å². The van der Waals surface area contributed by atoms with Crippen molar-refractivity contribution in [3.8, 4) is 0 Å². The van der Waals surface area contributed by atoms with Gasteiger partial charge >= 0.3 is 0 Å². The Bertz CT molecular complexity index is 511. The molecule has 2 rings (SSSR count). The molecular weight excluding hydrogens is 262 g/mol. The van der Waals surface area contributed by atoms with Crippen molar-refractivity contribution in [2.24, 2.45) is 11.8 Å². The third-order valence-corrected chi connectivity index (χ3v) is 3.72. The van der Waals surface area contributed by atoms with Crippen LogP contribution in [0.25, 0.3) is 0 Å². The second kappa shape index (κ2) is 6.75. The molecule has 2 atom stereocenters. The third-order valence-electron chi connectivity index (χ3n) is 3.72. The molecule has 0 bridgehead atoms. The van der Waals surface area contributed by atoms with Gasteiger partial charge in [0.1, 0.15) is 6.61 Å². The van der Waals surface area contributed by atoms with Crippen molar-refractivity contribution in [2.45, 2.75) is 19.8 Å². The predicted octanol–water partition coefficient (Wildman–Crippen LogP) is 3.77. The van der Waals surface area contributed by atoms with Crippen LogP contribution in [-0.4, -0.2) is 19.0 Å². The number of ketones is 1. The van der Waals surface area contributed by atoms with Gasteiger partial charge in [-0.2, -0.15) is 0 Å². The summed E-state index contributed by atoms with van der Waals surface area (Å²) >= 11 is 0. The first-order valence-electron chi connectivity index (χ1n) is 6.79. The van der Waals surface area contributed by atoms with Gasteiger partial charge in [-0.05, 0) is 42.9 Å². The van der Waals surface area contributed by atoms with Gasteiger partial charge in [-0.15, -0.1) is 0 Å². The van der Waals surface area contributed by atoms with Gasteiger partial charge in [0.05, 0.1) is 6.61 Å². The first-order valence-corrected chi connectivity index (χ1v) is 6.79. The molecule has 0 spiro atoms. The number of halogens is 2. The van der Waals surface area contributed by atoms with E-state index in [1.54, 1.807) is 0 Å². The maximum Gasteiger partial charge on any atom is 0.188 e. The quantitative estimate of drug-likeness (QED) is 0.606. The maximum absolute atomic E-state index is 13.0. The second-order valence-corrected chi connectivity index (χ2v) is 5.25. The molecule has 2 unspecified atom stereocenters. The van der Waals surface area contributed by atoms with E-state index >= 15 is 0 Å². The summed E-state index contributed by atoms with van der Waals surface area (Å²) < 4.78 is 31.2. The molecule has 0 aliphatic heterocycles. The van der Waals surface area contributed by atoms with Crippen molar-refractivity contribution >= 4 is 5.78 Å². The number of hydrogen-bond acceptors (Lipinski definition) is 2. The first kappa shape index (κ1) is 14.9. The number of carbonyl (C=O) groups is 1. The molecule has 0 amide bonds. The van der Waals surface area contributed by atoms with Crippen LogP contribution < -0.4 is 0 Å². The minimum Gasteiger partial charge on any atom is -0.373 e. The summed E-state index contributed by atoms with van der Waals surface area (Å²) in [5, 5.41) is 0. The molecule has 0 aromatic heterocycles. The number of hydrogen-bond donors (Lipinski definition) is 0. The normalized spacial score (nSPS) is 21.9. The maximum atomic E-state index is 13.0. The molecule has 0 saturated carbocycles. The molecule has 2 nitrogen and oxygen atoms in total. The number of benzene rings is 1. The minimum absolute atomic E-state index is 0.0992. The fourth-order valence-corrected chi connectivity index (χ4v) is 2.29. The van der Waals surface area contributed by atoms with E-state index in [9.17, 15) is 13.6 Å². The molecule has 0 fully saturated rings. The van der Waals surface area contributed by atoms with Crippen molar-refractivity contribution in [3.05, 3.63) is 47.5 Å². The summed E-state index contributed by atoms with van der Waals surface area (Å²) in [6.07, 6.45) is 6.28. The fraction of sp³-hybridized carbons (Fsp3) is 0.438. The van der Waals surface area contributed by atoms with Crippen LogP contribution in [0.3, 0.4) is 0 Å². The smallest absolute Gasteiger partial charge is 0.188 e. The lowest BCUT2D eigenvalue weighted by molar-refractivity contribution is 0.0602. The molecular formula is C16H18F2O2. The van der Waals surface area contributed by atoms with Crippen LogP contribution in [-0.2, 0) is 4.74 Å². The van der Waals surface area contributed by atoms with E-state index in [0.717, 1.165) is 25.0 Å². The van der Waals surface area contributed by atoms with Gasteiger partial charge in [0.15, 0.2) is 17.4 Å². The lowest BCUT2D eigenvalue weighted by Crippen LogP contribution is -2.21. The van der Waals surface area contributed by atoms with Gasteiger partial charge in [0, 0.05) is 5.56 Å². The summed E-state index contributed by atoms with van der Waals surface area (Å²) in [6, 6.07) is 3.14. The zero-order valence-corrected chi connectivity index (χ0v) is 11.4. The van der Waals surface area contributed by atoms with Crippen LogP contribution in [0.15, 0.2) is 30.4 Å². The molecule has 0 heterocycles. The molecule has 1 aromatic carbocycles. The highest BCUT2D eigenvalue weighted by Gasteiger charge is 2.19. The zero-order chi connectivity index (χ0) is 14.5. The van der Waals surface area contributed by atoms with Crippen molar-refractivity contribution in [1.29, 1.82) is 0 Å². The standard InChI is InChI=1S/C16H18F2O2/c1-11-4-2-3-5-13(11)9-20-10-16(19)12-6-7-14(17)15(18)8-12/h2-3,6-8,11,13H,4-5,9-10H2,1H3. The molecule has 0 saturated heterocycles. The number of carbonyl (C=O) groups excluding carboxylic acids is 1. The van der Waals surface area contributed by atoms with Gasteiger partial charge in [0.25, 0.3) is 0 Å². The summed E-state index contributed by atoms with van der Waals surface area (Å²) in [4.78, 5) is 11.8. The molecule has 1 aliphatic carbocycles. The lowest BCUT2D eigenvalue weighted by Gasteiger charge is -2.24. The van der Waals surface area contributed by atoms with Gasteiger partial charge in [-0.1, -0.05) is 19.1 Å². The molecule has 1 aliphatic rings. The highest BCUT2D eigenvalue weighted by atomic mass is 19.2. The van der Waals surface area contributed by atoms with Crippen LogP contribution in [0.1, 0.15) is 30.1 Å². The van der Waals surface area contributed by atoms with Crippen molar-refractivity contribution in [3.63, 3.8) is 0 Å². The van der Waals surface area contributed by atoms with Crippen LogP contribution in [0.4, 0.5) is 8.78 Å². The zero-order valence-electron chi connectivity index (χ0n) is 11.4. The number of Topliss-reactive ketones (excluding diaryl/α,β-unsaturated/α-hetero) is 1. The van der Waals surface area contributed by atoms with Crippen LogP contribution in [0.5, 0.6) is 0 Å². The number of rotatable bonds is 5. The molecule has 0 radical (unpaired) electrons. The summed E-state index contributed by atoms with van der Waals surface area (Å²) in [5.41, 5.74) is 0.139. The summed E-state index contributed by atoms with van der Waals surface area (Å²) in [7, 11) is 0. The van der Waals surface area contributed by atoms with Crippen LogP contribution >= 0.6 is 0 Å². The van der Waals surface area contributed by atoms with Crippen LogP contribution in [0, 0.1) is 23.5 Å². The SMILES string of the molecule is CC1CC=CCC1COCC(=O)c1ccc(F)c(F)c1. The van der Waals surface area contributed by atoms with Crippen LogP contribution in [0.2, 0.25) is 0 Å². The van der Waals surface area contributed by atoms with E-state index in [1.165, 1.54) is 6.07 Å². The minimum atomic E-state index is -1.01. The van der Waals surface area contributed by atoms with E-state index < -0.39 is 11.6 Å². The van der Waals surface area contributed by atoms with Gasteiger partial charge in [-0.25, -0.2) is 8.78 Å². The largest absolute Gasteiger partial charge is 0.373 e. The highest BCUT2D eigenvalue weighted by Crippen LogP contribution is 2.25. The van der Waals surface area contributed by atoms with Crippen molar-refractivity contribution in [2.75, 3.05) is 13.2 Å². The topological polar surface area (TPSA) is 26.3 Å². The van der Waals surface area contributed by atoms with Gasteiger partial charge < -0.3 is 4.74 Å². The first-order chi connectivity index (χ1) is 9.58. The Morgan fingerprint density at radius 2 is 2.00 bits per heavy atom. The lowest BCUT2D eigenvalue weighted by atomic mass is 9.85. The molecule has 108 valence electrons. The Morgan fingerprint density at radius 1 is 1.25 bits per heavy atom. The van der Waals surface area contributed by atoms with E-state index in [-0.39, 0.29) is 18.0 Å². The summed E-state index contributed by atoms with van der Waals surface area (Å²) in [5.74, 6) is -1.34. The Morgan fingerprint density at radius 3 is 2.70 bits per heavy atom. The highest BCUT2D eigenvalue weighted by molar-refractivity contribution is 5.97. The Kier molecular flexibility index (Phi) is 5.01. The number of ether oxygens (including phenoxy) is 1. The van der Waals surface area contributed by atoms with Crippen molar-refractivity contribution < 1.29 is 18.3 Å². The van der Waals surface area contributed by atoms with Gasteiger partial charge in [-0.3, -0.25) is 4.79 Å². The predicted molar refractivity (Wildman–Crippen MR) is 72.5 cm³/mol. The average Bonchev–Trinajstić information content (AvgIpc) is 2.44. The molecule has 0 N–H and O–H groups in total. The second-order valence-electron chi connectivity index (χ2n) is 5.25. The third kappa shape index (κ3) is 3.73. The molecule has 4 heteroatoms. The summed E-state index contributed by atoms with van der Waals surface area (Å²) in [6.45, 7) is 2.58. The van der Waals surface area contributed by atoms with Crippen molar-refractivity contribution in [1.82, 2.24) is 0 Å². The average molecular weight is 280 g/mol. The Hall–Kier alpha value is -1.55. The van der Waals surface area contributed by atoms with E-state index in [2.05, 4.69) is 19.1 Å². The van der Waals surface area contributed by atoms with Gasteiger partial charge in [0.2, 0.25) is 0 Å². The Labute approximate surface area is 117 Å². The monoisotopic (exact) mass is 280 g/mol. The molecule has 20 heavy (non-hydrogen) atoms. The van der Waals surface area contributed by atoms with E-state index in [1.807, 2.05) is 0 Å². The van der Waals surface area contributed by atoms with E-state index in [4.69, 9.17) is 4.74 Å².